The summed E-state index contributed by atoms with van der Waals surface area (Å²) >= 11 is 0. The number of benzene rings is 2. The fourth-order valence-electron chi connectivity index (χ4n) is 2.56. The summed E-state index contributed by atoms with van der Waals surface area (Å²) in [4.78, 5) is 34.3. The van der Waals surface area contributed by atoms with Crippen LogP contribution < -0.4 is 14.8 Å². The number of esters is 1. The van der Waals surface area contributed by atoms with Crippen LogP contribution in [0.4, 0.5) is 11.4 Å². The maximum atomic E-state index is 12.0. The number of nitrogens with zero attached hydrogens (tertiary/aromatic N) is 1. The van der Waals surface area contributed by atoms with E-state index in [0.29, 0.717) is 24.3 Å². The van der Waals surface area contributed by atoms with Gasteiger partial charge in [0, 0.05) is 24.2 Å². The quantitative estimate of drug-likeness (QED) is 0.272. The average Bonchev–Trinajstić information content (AvgIpc) is 2.72. The van der Waals surface area contributed by atoms with Gasteiger partial charge >= 0.3 is 11.7 Å². The summed E-state index contributed by atoms with van der Waals surface area (Å²) in [7, 11) is 1.30. The number of aryl methyl sites for hydroxylation is 2. The van der Waals surface area contributed by atoms with Crippen LogP contribution in [-0.4, -0.2) is 37.1 Å². The number of hydrogen-bond donors (Lipinski definition) is 1. The molecule has 0 aliphatic heterocycles. The molecular formula is C21H24N2O7. The van der Waals surface area contributed by atoms with Gasteiger partial charge in [-0.2, -0.15) is 0 Å². The third-order valence-corrected chi connectivity index (χ3v) is 4.18. The first-order chi connectivity index (χ1) is 14.3. The van der Waals surface area contributed by atoms with Gasteiger partial charge in [-0.3, -0.25) is 19.7 Å². The highest BCUT2D eigenvalue weighted by atomic mass is 16.6. The van der Waals surface area contributed by atoms with Crippen LogP contribution in [0, 0.1) is 24.0 Å². The maximum Gasteiger partial charge on any atom is 0.311 e. The number of nitrogens with one attached hydrogen (secondary N) is 1. The summed E-state index contributed by atoms with van der Waals surface area (Å²) in [6.45, 7) is 3.49. The minimum Gasteiger partial charge on any atom is -0.494 e. The second kappa shape index (κ2) is 10.8. The van der Waals surface area contributed by atoms with E-state index in [1.54, 1.807) is 6.92 Å². The number of nitro groups is 1. The number of nitro benzene ring substituents is 1. The Labute approximate surface area is 174 Å². The molecule has 0 spiro atoms. The lowest BCUT2D eigenvalue weighted by molar-refractivity contribution is -0.385. The maximum absolute atomic E-state index is 12.0. The zero-order valence-electron chi connectivity index (χ0n) is 17.1. The highest BCUT2D eigenvalue weighted by Gasteiger charge is 2.18. The fourth-order valence-corrected chi connectivity index (χ4v) is 2.56. The molecule has 0 unspecified atom stereocenters. The van der Waals surface area contributed by atoms with Crippen molar-refractivity contribution in [3.8, 4) is 11.5 Å². The molecule has 0 bridgehead atoms. The van der Waals surface area contributed by atoms with Gasteiger partial charge in [0.2, 0.25) is 0 Å². The van der Waals surface area contributed by atoms with Gasteiger partial charge < -0.3 is 19.5 Å². The summed E-state index contributed by atoms with van der Waals surface area (Å²) in [5, 5.41) is 13.6. The minimum absolute atomic E-state index is 0.0199. The number of rotatable bonds is 10. The zero-order valence-corrected chi connectivity index (χ0v) is 17.1. The normalized spacial score (nSPS) is 10.2. The molecular weight excluding hydrogens is 392 g/mol. The van der Waals surface area contributed by atoms with Gasteiger partial charge in [0.25, 0.3) is 5.91 Å². The van der Waals surface area contributed by atoms with Crippen LogP contribution >= 0.6 is 0 Å². The first-order valence-corrected chi connectivity index (χ1v) is 9.28. The van der Waals surface area contributed by atoms with E-state index in [2.05, 4.69) is 5.32 Å². The number of methoxy groups -OCH3 is 1. The molecule has 0 fully saturated rings. The molecule has 9 nitrogen and oxygen atoms in total. The predicted octanol–water partition coefficient (Wildman–Crippen LogP) is 3.56. The molecule has 30 heavy (non-hydrogen) atoms. The van der Waals surface area contributed by atoms with Crippen molar-refractivity contribution in [1.82, 2.24) is 0 Å². The third-order valence-electron chi connectivity index (χ3n) is 4.18. The summed E-state index contributed by atoms with van der Waals surface area (Å²) in [5.74, 6) is -0.331. The summed E-state index contributed by atoms with van der Waals surface area (Å²) in [6.07, 6.45) is 0.566. The first kappa shape index (κ1) is 22.7. The number of hydrogen-bond acceptors (Lipinski definition) is 7. The lowest BCUT2D eigenvalue weighted by atomic mass is 10.1. The molecule has 0 aliphatic rings. The molecule has 9 heteroatoms. The molecule has 0 aromatic heterocycles. The molecule has 1 amide bonds. The molecule has 2 aromatic carbocycles. The molecule has 2 rings (SSSR count). The second-order valence-electron chi connectivity index (χ2n) is 6.57. The molecule has 0 saturated heterocycles. The Balaban J connectivity index is 1.75. The van der Waals surface area contributed by atoms with Crippen molar-refractivity contribution in [1.29, 1.82) is 0 Å². The third kappa shape index (κ3) is 6.77. The van der Waals surface area contributed by atoms with Crippen LogP contribution in [0.1, 0.15) is 24.0 Å². The van der Waals surface area contributed by atoms with Crippen molar-refractivity contribution >= 4 is 23.3 Å². The Morgan fingerprint density at radius 3 is 2.47 bits per heavy atom. The van der Waals surface area contributed by atoms with Gasteiger partial charge in [-0.25, -0.2) is 0 Å². The first-order valence-electron chi connectivity index (χ1n) is 9.28. The van der Waals surface area contributed by atoms with E-state index < -0.39 is 23.4 Å². The molecule has 0 radical (unpaired) electrons. The van der Waals surface area contributed by atoms with Crippen molar-refractivity contribution in [3.63, 3.8) is 0 Å². The van der Waals surface area contributed by atoms with Crippen LogP contribution in [0.5, 0.6) is 11.5 Å². The molecule has 0 atom stereocenters. The van der Waals surface area contributed by atoms with E-state index in [1.165, 1.54) is 19.2 Å². The molecule has 2 aromatic rings. The topological polar surface area (TPSA) is 117 Å². The Kier molecular flexibility index (Phi) is 8.16. The van der Waals surface area contributed by atoms with E-state index in [1.807, 2.05) is 31.2 Å². The van der Waals surface area contributed by atoms with Crippen LogP contribution in [0.25, 0.3) is 0 Å². The van der Waals surface area contributed by atoms with Crippen molar-refractivity contribution in [2.24, 2.45) is 0 Å². The Hall–Kier alpha value is -3.62. The van der Waals surface area contributed by atoms with Crippen molar-refractivity contribution in [3.05, 3.63) is 57.6 Å². The number of carbonyl (C=O) groups is 2. The molecule has 160 valence electrons. The molecule has 0 heterocycles. The number of ether oxygens (including phenoxy) is 3. The Morgan fingerprint density at radius 2 is 1.83 bits per heavy atom. The molecule has 1 N–H and O–H groups in total. The Morgan fingerprint density at radius 1 is 1.13 bits per heavy atom. The highest BCUT2D eigenvalue weighted by Crippen LogP contribution is 2.32. The summed E-state index contributed by atoms with van der Waals surface area (Å²) < 4.78 is 15.5. The number of carbonyl (C=O) groups excluding carboxylic acids is 2. The number of amides is 1. The van der Waals surface area contributed by atoms with Crippen LogP contribution in [0.2, 0.25) is 0 Å². The molecule has 0 saturated carbocycles. The van der Waals surface area contributed by atoms with Crippen molar-refractivity contribution in [2.45, 2.75) is 26.7 Å². The van der Waals surface area contributed by atoms with E-state index in [-0.39, 0.29) is 17.9 Å². The van der Waals surface area contributed by atoms with Gasteiger partial charge in [0.1, 0.15) is 5.75 Å². The van der Waals surface area contributed by atoms with E-state index in [9.17, 15) is 19.7 Å². The van der Waals surface area contributed by atoms with Gasteiger partial charge in [-0.1, -0.05) is 17.7 Å². The SMILES string of the molecule is COc1cc(NC(=O)COC(=O)CCCOc2ccc(C)cc2)c(C)cc1[N+](=O)[O-]. The minimum atomic E-state index is -0.568. The van der Waals surface area contributed by atoms with Crippen LogP contribution in [0.3, 0.4) is 0 Å². The van der Waals surface area contributed by atoms with Crippen LogP contribution in [-0.2, 0) is 14.3 Å². The van der Waals surface area contributed by atoms with Gasteiger partial charge in [-0.05, 0) is 38.0 Å². The van der Waals surface area contributed by atoms with E-state index in [0.717, 1.165) is 11.3 Å². The standard InChI is InChI=1S/C21H24N2O7/c1-14-6-8-16(9-7-14)29-10-4-5-21(25)30-13-20(24)22-17-12-19(28-3)18(23(26)27)11-15(17)2/h6-9,11-12H,4-5,10,13H2,1-3H3,(H,22,24). The van der Waals surface area contributed by atoms with Crippen LogP contribution in [0.15, 0.2) is 36.4 Å². The monoisotopic (exact) mass is 416 g/mol. The van der Waals surface area contributed by atoms with Gasteiger partial charge in [0.05, 0.1) is 18.6 Å². The number of anilines is 1. The summed E-state index contributed by atoms with van der Waals surface area (Å²) in [5.41, 5.74) is 1.75. The lowest BCUT2D eigenvalue weighted by Crippen LogP contribution is -2.21. The van der Waals surface area contributed by atoms with E-state index >= 15 is 0 Å². The lowest BCUT2D eigenvalue weighted by Gasteiger charge is -2.11. The predicted molar refractivity (Wildman–Crippen MR) is 110 cm³/mol. The average molecular weight is 416 g/mol. The highest BCUT2D eigenvalue weighted by molar-refractivity contribution is 5.94. The largest absolute Gasteiger partial charge is 0.494 e. The fraction of sp³-hybridized carbons (Fsp3) is 0.333. The second-order valence-corrected chi connectivity index (χ2v) is 6.57. The van der Waals surface area contributed by atoms with Crippen molar-refractivity contribution in [2.75, 3.05) is 25.6 Å². The smallest absolute Gasteiger partial charge is 0.311 e. The van der Waals surface area contributed by atoms with E-state index in [4.69, 9.17) is 14.2 Å². The van der Waals surface area contributed by atoms with Crippen molar-refractivity contribution < 1.29 is 28.7 Å². The molecule has 0 aliphatic carbocycles. The Bertz CT molecular complexity index is 910. The zero-order chi connectivity index (χ0) is 22.1. The summed E-state index contributed by atoms with van der Waals surface area (Å²) in [6, 6.07) is 10.2. The van der Waals surface area contributed by atoms with Gasteiger partial charge in [0.15, 0.2) is 12.4 Å². The van der Waals surface area contributed by atoms with Gasteiger partial charge in [-0.15, -0.1) is 0 Å².